The molecule has 0 unspecified atom stereocenters. The molecule has 1 N–H and O–H groups in total. The van der Waals surface area contributed by atoms with E-state index in [0.29, 0.717) is 0 Å². The minimum absolute atomic E-state index is 0.149. The monoisotopic (exact) mass is 407 g/mol. The van der Waals surface area contributed by atoms with Crippen LogP contribution in [0.2, 0.25) is 0 Å². The van der Waals surface area contributed by atoms with Gasteiger partial charge in [0.05, 0.1) is 0 Å². The van der Waals surface area contributed by atoms with Gasteiger partial charge < -0.3 is 5.11 Å². The van der Waals surface area contributed by atoms with Gasteiger partial charge in [-0.15, -0.1) is 0 Å². The first-order valence-electron chi connectivity index (χ1n) is 12.3. The molecule has 1 aliphatic heterocycles. The first kappa shape index (κ1) is 23.0. The highest BCUT2D eigenvalue weighted by Crippen LogP contribution is 2.40. The molecule has 2 nitrogen and oxygen atoms in total. The number of hydrogen-bond donors (Lipinski definition) is 1. The summed E-state index contributed by atoms with van der Waals surface area (Å²) in [7, 11) is 0. The van der Waals surface area contributed by atoms with Crippen molar-refractivity contribution in [1.29, 1.82) is 0 Å². The van der Waals surface area contributed by atoms with Gasteiger partial charge >= 0.3 is 0 Å². The van der Waals surface area contributed by atoms with E-state index in [1.54, 1.807) is 0 Å². The number of rotatable bonds is 13. The average Bonchev–Trinajstić information content (AvgIpc) is 3.28. The van der Waals surface area contributed by atoms with Crippen LogP contribution in [0.1, 0.15) is 88.7 Å². The van der Waals surface area contributed by atoms with Gasteiger partial charge in [0, 0.05) is 6.04 Å². The summed E-state index contributed by atoms with van der Waals surface area (Å²) >= 11 is 0. The third-order valence-corrected chi connectivity index (χ3v) is 6.82. The van der Waals surface area contributed by atoms with E-state index in [1.165, 1.54) is 64.2 Å². The maximum absolute atomic E-state index is 12.1. The second-order valence-electron chi connectivity index (χ2n) is 9.02. The predicted octanol–water partition coefficient (Wildman–Crippen LogP) is 6.92. The van der Waals surface area contributed by atoms with Crippen molar-refractivity contribution in [3.63, 3.8) is 0 Å². The van der Waals surface area contributed by atoms with Crippen molar-refractivity contribution < 1.29 is 5.11 Å². The van der Waals surface area contributed by atoms with Gasteiger partial charge in [-0.05, 0) is 43.5 Å². The summed E-state index contributed by atoms with van der Waals surface area (Å²) in [6, 6.07) is 20.7. The molecule has 0 saturated carbocycles. The third kappa shape index (κ3) is 5.95. The second kappa shape index (κ2) is 12.3. The van der Waals surface area contributed by atoms with Gasteiger partial charge in [0.2, 0.25) is 0 Å². The molecule has 2 aromatic rings. The molecule has 0 radical (unpaired) electrons. The SMILES string of the molecule is CCCCCCCCCCCN1CCC[C@H]1C(O)(c1ccccc1)c1ccccc1. The van der Waals surface area contributed by atoms with Crippen LogP contribution in [0.5, 0.6) is 0 Å². The van der Waals surface area contributed by atoms with Crippen LogP contribution in [-0.2, 0) is 5.60 Å². The van der Waals surface area contributed by atoms with Crippen molar-refractivity contribution in [3.05, 3.63) is 71.8 Å². The Bertz CT molecular complexity index is 660. The molecule has 0 aromatic heterocycles. The summed E-state index contributed by atoms with van der Waals surface area (Å²) in [5, 5.41) is 12.1. The molecule has 1 aliphatic rings. The lowest BCUT2D eigenvalue weighted by molar-refractivity contribution is -0.00425. The minimum Gasteiger partial charge on any atom is -0.379 e. The highest BCUT2D eigenvalue weighted by Gasteiger charge is 2.44. The topological polar surface area (TPSA) is 23.5 Å². The summed E-state index contributed by atoms with van der Waals surface area (Å²) in [6.45, 7) is 4.48. The molecule has 0 amide bonds. The predicted molar refractivity (Wildman–Crippen MR) is 128 cm³/mol. The number of unbranched alkanes of at least 4 members (excludes halogenated alkanes) is 8. The lowest BCUT2D eigenvalue weighted by Crippen LogP contribution is -2.48. The number of nitrogens with zero attached hydrogens (tertiary/aromatic N) is 1. The van der Waals surface area contributed by atoms with Crippen LogP contribution in [0.15, 0.2) is 60.7 Å². The van der Waals surface area contributed by atoms with Crippen molar-refractivity contribution in [2.75, 3.05) is 13.1 Å². The Kier molecular flexibility index (Phi) is 9.42. The number of likely N-dealkylation sites (tertiary alicyclic amines) is 1. The highest BCUT2D eigenvalue weighted by atomic mass is 16.3. The van der Waals surface area contributed by atoms with Gasteiger partial charge in [0.25, 0.3) is 0 Å². The van der Waals surface area contributed by atoms with Crippen molar-refractivity contribution in [1.82, 2.24) is 4.90 Å². The van der Waals surface area contributed by atoms with Crippen LogP contribution in [-0.4, -0.2) is 29.1 Å². The van der Waals surface area contributed by atoms with E-state index >= 15 is 0 Å². The summed E-state index contributed by atoms with van der Waals surface area (Å²) in [5.74, 6) is 0. The van der Waals surface area contributed by atoms with Gasteiger partial charge in [-0.1, -0.05) is 119 Å². The molecule has 0 aliphatic carbocycles. The Morgan fingerprint density at radius 2 is 1.27 bits per heavy atom. The van der Waals surface area contributed by atoms with Gasteiger partial charge in [-0.2, -0.15) is 0 Å². The lowest BCUT2D eigenvalue weighted by Gasteiger charge is -2.40. The van der Waals surface area contributed by atoms with E-state index < -0.39 is 5.60 Å². The standard InChI is InChI=1S/C28H41NO/c1-2-3-4-5-6-7-8-9-16-23-29-24-17-22-27(29)28(30,25-18-12-10-13-19-25)26-20-14-11-15-21-26/h10-15,18-21,27,30H,2-9,16-17,22-24H2,1H3/t27-/m0/s1. The molecular weight excluding hydrogens is 366 g/mol. The largest absolute Gasteiger partial charge is 0.379 e. The van der Waals surface area contributed by atoms with Crippen LogP contribution in [0.25, 0.3) is 0 Å². The van der Waals surface area contributed by atoms with E-state index in [2.05, 4.69) is 36.1 Å². The van der Waals surface area contributed by atoms with E-state index in [4.69, 9.17) is 0 Å². The van der Waals surface area contributed by atoms with Crippen LogP contribution in [0.3, 0.4) is 0 Å². The summed E-state index contributed by atoms with van der Waals surface area (Å²) in [5.41, 5.74) is 1.08. The molecule has 164 valence electrons. The first-order chi connectivity index (χ1) is 14.8. The highest BCUT2D eigenvalue weighted by molar-refractivity contribution is 5.38. The fourth-order valence-electron chi connectivity index (χ4n) is 5.13. The maximum atomic E-state index is 12.1. The zero-order chi connectivity index (χ0) is 21.1. The zero-order valence-electron chi connectivity index (χ0n) is 18.9. The van der Waals surface area contributed by atoms with Crippen LogP contribution in [0.4, 0.5) is 0 Å². The van der Waals surface area contributed by atoms with Crippen LogP contribution < -0.4 is 0 Å². The Hall–Kier alpha value is -1.64. The van der Waals surface area contributed by atoms with Crippen LogP contribution in [0, 0.1) is 0 Å². The fraction of sp³-hybridized carbons (Fsp3) is 0.571. The van der Waals surface area contributed by atoms with Crippen molar-refractivity contribution >= 4 is 0 Å². The molecule has 2 heteroatoms. The van der Waals surface area contributed by atoms with Crippen molar-refractivity contribution in [2.24, 2.45) is 0 Å². The Labute approximate surface area is 184 Å². The molecule has 0 bridgehead atoms. The van der Waals surface area contributed by atoms with E-state index in [9.17, 15) is 5.11 Å². The molecule has 2 aromatic carbocycles. The van der Waals surface area contributed by atoms with Crippen molar-refractivity contribution in [3.8, 4) is 0 Å². The van der Waals surface area contributed by atoms with E-state index in [-0.39, 0.29) is 6.04 Å². The second-order valence-corrected chi connectivity index (χ2v) is 9.02. The molecule has 1 fully saturated rings. The van der Waals surface area contributed by atoms with Gasteiger partial charge in [0.15, 0.2) is 0 Å². The number of benzene rings is 2. The first-order valence-corrected chi connectivity index (χ1v) is 12.3. The van der Waals surface area contributed by atoms with Crippen LogP contribution >= 0.6 is 0 Å². The Balaban J connectivity index is 1.58. The quantitative estimate of drug-likeness (QED) is 0.364. The molecule has 1 atom stereocenters. The van der Waals surface area contributed by atoms with Crippen molar-refractivity contribution in [2.45, 2.75) is 89.2 Å². The molecule has 1 saturated heterocycles. The number of aliphatic hydroxyl groups is 1. The summed E-state index contributed by atoms with van der Waals surface area (Å²) < 4.78 is 0. The normalized spacial score (nSPS) is 17.5. The molecular formula is C28H41NO. The molecule has 1 heterocycles. The summed E-state index contributed by atoms with van der Waals surface area (Å²) in [6.07, 6.45) is 14.4. The molecule has 3 rings (SSSR count). The van der Waals surface area contributed by atoms with Gasteiger partial charge in [0.1, 0.15) is 5.60 Å². The van der Waals surface area contributed by atoms with Gasteiger partial charge in [-0.3, -0.25) is 4.90 Å². The summed E-state index contributed by atoms with van der Waals surface area (Å²) in [4.78, 5) is 2.56. The van der Waals surface area contributed by atoms with E-state index in [1.807, 2.05) is 36.4 Å². The van der Waals surface area contributed by atoms with Gasteiger partial charge in [-0.25, -0.2) is 0 Å². The lowest BCUT2D eigenvalue weighted by atomic mass is 9.79. The minimum atomic E-state index is -0.946. The Morgan fingerprint density at radius 3 is 1.80 bits per heavy atom. The molecule has 30 heavy (non-hydrogen) atoms. The third-order valence-electron chi connectivity index (χ3n) is 6.82. The average molecular weight is 408 g/mol. The van der Waals surface area contributed by atoms with E-state index in [0.717, 1.165) is 30.6 Å². The fourth-order valence-corrected chi connectivity index (χ4v) is 5.13. The molecule has 0 spiro atoms. The smallest absolute Gasteiger partial charge is 0.130 e. The number of hydrogen-bond acceptors (Lipinski definition) is 2. The zero-order valence-corrected chi connectivity index (χ0v) is 18.9. The Morgan fingerprint density at radius 1 is 0.767 bits per heavy atom. The maximum Gasteiger partial charge on any atom is 0.130 e.